The van der Waals surface area contributed by atoms with E-state index in [0.29, 0.717) is 37.2 Å². The number of ether oxygens (including phenoxy) is 2. The number of unbranched alkanes of at least 4 members (excludes halogenated alkanes) is 2. The van der Waals surface area contributed by atoms with E-state index < -0.39 is 0 Å². The average Bonchev–Trinajstić information content (AvgIpc) is 3.03. The van der Waals surface area contributed by atoms with Gasteiger partial charge in [-0.1, -0.05) is 91.3 Å². The van der Waals surface area contributed by atoms with Crippen LogP contribution in [-0.4, -0.2) is 11.9 Å². The maximum Gasteiger partial charge on any atom is 0.311 e. The molecule has 0 bridgehead atoms. The molecule has 4 nitrogen and oxygen atoms in total. The predicted molar refractivity (Wildman–Crippen MR) is 175 cm³/mol. The normalized spacial score (nSPS) is 11.9. The zero-order valence-electron chi connectivity index (χ0n) is 23.6. The van der Waals surface area contributed by atoms with Gasteiger partial charge in [0.05, 0.1) is 0 Å². The van der Waals surface area contributed by atoms with Crippen molar-refractivity contribution in [1.29, 1.82) is 0 Å². The van der Waals surface area contributed by atoms with Crippen molar-refractivity contribution in [3.63, 3.8) is 0 Å². The van der Waals surface area contributed by atoms with Crippen molar-refractivity contribution in [3.05, 3.63) is 109 Å². The Kier molecular flexibility index (Phi) is 6.07. The number of hydrogen-bond donors (Lipinski definition) is 0. The van der Waals surface area contributed by atoms with E-state index in [4.69, 9.17) is 9.47 Å². The fourth-order valence-electron chi connectivity index (χ4n) is 6.66. The molecule has 0 atom stereocenters. The molecule has 8 rings (SSSR count). The lowest BCUT2D eigenvalue weighted by Crippen LogP contribution is -2.09. The van der Waals surface area contributed by atoms with Gasteiger partial charge >= 0.3 is 11.9 Å². The summed E-state index contributed by atoms with van der Waals surface area (Å²) in [6, 6.07) is 37.1. The number of rotatable bonds is 8. The fourth-order valence-corrected chi connectivity index (χ4v) is 6.66. The van der Waals surface area contributed by atoms with Gasteiger partial charge in [-0.15, -0.1) is 0 Å². The van der Waals surface area contributed by atoms with Crippen molar-refractivity contribution in [1.82, 2.24) is 0 Å². The van der Waals surface area contributed by atoms with Crippen LogP contribution in [0.2, 0.25) is 0 Å². The molecule has 0 amide bonds. The van der Waals surface area contributed by atoms with Crippen LogP contribution in [0.4, 0.5) is 0 Å². The van der Waals surface area contributed by atoms with Gasteiger partial charge in [-0.25, -0.2) is 0 Å². The Morgan fingerprint density at radius 3 is 1.16 bits per heavy atom. The molecule has 0 fully saturated rings. The van der Waals surface area contributed by atoms with Crippen LogP contribution in [0, 0.1) is 0 Å². The Labute approximate surface area is 248 Å². The standard InChI is InChI=1S/C39H28O4/c40-34(42-32-22-18-28-14-12-24-6-4-8-26-16-20-30(32)38(28)36(24)26)10-2-1-3-11-35(41)43-33-23-19-29-15-13-25-7-5-9-27-17-21-31(33)39(29)37(25)27/h4-9,12-23H,1-3,10-11H2. The largest absolute Gasteiger partial charge is 0.426 e. The third-order valence-electron chi connectivity index (χ3n) is 8.69. The van der Waals surface area contributed by atoms with E-state index >= 15 is 0 Å². The predicted octanol–water partition coefficient (Wildman–Crippen LogP) is 9.94. The second kappa shape index (κ2) is 10.2. The maximum absolute atomic E-state index is 12.8. The Balaban J connectivity index is 0.889. The first kappa shape index (κ1) is 25.5. The SMILES string of the molecule is O=C(CCCCCC(=O)Oc1ccc2ccc3cccc4ccc1c2c34)Oc1ccc2ccc3cccc4ccc1c2c34. The first-order valence-electron chi connectivity index (χ1n) is 14.9. The third kappa shape index (κ3) is 4.38. The molecule has 0 aliphatic carbocycles. The van der Waals surface area contributed by atoms with Crippen LogP contribution < -0.4 is 9.47 Å². The van der Waals surface area contributed by atoms with Crippen molar-refractivity contribution in [3.8, 4) is 11.5 Å². The summed E-state index contributed by atoms with van der Waals surface area (Å²) in [5.74, 6) is 0.665. The number of carbonyl (C=O) groups is 2. The quantitative estimate of drug-likeness (QED) is 0.0803. The van der Waals surface area contributed by atoms with Gasteiger partial charge < -0.3 is 9.47 Å². The van der Waals surface area contributed by atoms with E-state index in [1.807, 2.05) is 36.4 Å². The van der Waals surface area contributed by atoms with Gasteiger partial charge in [-0.05, 0) is 80.2 Å². The highest BCUT2D eigenvalue weighted by molar-refractivity contribution is 6.25. The third-order valence-corrected chi connectivity index (χ3v) is 8.69. The molecule has 0 spiro atoms. The Bertz CT molecular complexity index is 2120. The molecule has 0 aromatic heterocycles. The second-order valence-corrected chi connectivity index (χ2v) is 11.3. The number of esters is 2. The van der Waals surface area contributed by atoms with E-state index in [2.05, 4.69) is 72.8 Å². The van der Waals surface area contributed by atoms with Crippen LogP contribution in [0.3, 0.4) is 0 Å². The van der Waals surface area contributed by atoms with Gasteiger partial charge in [0.2, 0.25) is 0 Å². The summed E-state index contributed by atoms with van der Waals surface area (Å²) in [6.45, 7) is 0. The van der Waals surface area contributed by atoms with E-state index in [9.17, 15) is 9.59 Å². The van der Waals surface area contributed by atoms with Crippen LogP contribution in [0.15, 0.2) is 109 Å². The molecule has 43 heavy (non-hydrogen) atoms. The van der Waals surface area contributed by atoms with Crippen molar-refractivity contribution in [2.75, 3.05) is 0 Å². The zero-order valence-corrected chi connectivity index (χ0v) is 23.6. The Morgan fingerprint density at radius 2 is 0.744 bits per heavy atom. The molecule has 4 heteroatoms. The molecule has 8 aromatic carbocycles. The van der Waals surface area contributed by atoms with Crippen LogP contribution in [0.1, 0.15) is 32.1 Å². The van der Waals surface area contributed by atoms with E-state index in [0.717, 1.165) is 38.7 Å². The first-order valence-corrected chi connectivity index (χ1v) is 14.9. The topological polar surface area (TPSA) is 52.6 Å². The molecule has 208 valence electrons. The van der Waals surface area contributed by atoms with Gasteiger partial charge in [0.15, 0.2) is 0 Å². The van der Waals surface area contributed by atoms with Gasteiger partial charge in [-0.2, -0.15) is 0 Å². The van der Waals surface area contributed by atoms with E-state index in [1.54, 1.807) is 0 Å². The van der Waals surface area contributed by atoms with Crippen molar-refractivity contribution in [2.24, 2.45) is 0 Å². The summed E-state index contributed by atoms with van der Waals surface area (Å²) in [4.78, 5) is 25.5. The molecule has 0 radical (unpaired) electrons. The van der Waals surface area contributed by atoms with Gasteiger partial charge in [0.1, 0.15) is 11.5 Å². The van der Waals surface area contributed by atoms with Gasteiger partial charge in [0, 0.05) is 34.4 Å². The Morgan fingerprint density at radius 1 is 0.395 bits per heavy atom. The van der Waals surface area contributed by atoms with E-state index in [-0.39, 0.29) is 11.9 Å². The fraction of sp³-hybridized carbons (Fsp3) is 0.128. The van der Waals surface area contributed by atoms with Crippen LogP contribution in [0.5, 0.6) is 11.5 Å². The molecule has 0 unspecified atom stereocenters. The lowest BCUT2D eigenvalue weighted by Gasteiger charge is -2.14. The van der Waals surface area contributed by atoms with Crippen molar-refractivity contribution in [2.45, 2.75) is 32.1 Å². The molecule has 8 aromatic rings. The summed E-state index contributed by atoms with van der Waals surface area (Å²) in [7, 11) is 0. The molecule has 0 saturated carbocycles. The second-order valence-electron chi connectivity index (χ2n) is 11.3. The molecule has 0 N–H and O–H groups in total. The van der Waals surface area contributed by atoms with Crippen LogP contribution in [-0.2, 0) is 9.59 Å². The summed E-state index contributed by atoms with van der Waals surface area (Å²) in [5.41, 5.74) is 0. The minimum atomic E-state index is -0.258. The Hall–Kier alpha value is -5.22. The highest BCUT2D eigenvalue weighted by Crippen LogP contribution is 2.40. The van der Waals surface area contributed by atoms with Gasteiger partial charge in [-0.3, -0.25) is 9.59 Å². The lowest BCUT2D eigenvalue weighted by molar-refractivity contribution is -0.134. The maximum atomic E-state index is 12.8. The number of hydrogen-bond acceptors (Lipinski definition) is 4. The van der Waals surface area contributed by atoms with Gasteiger partial charge in [0.25, 0.3) is 0 Å². The first-order chi connectivity index (χ1) is 21.1. The summed E-state index contributed by atoms with van der Waals surface area (Å²) >= 11 is 0. The highest BCUT2D eigenvalue weighted by Gasteiger charge is 2.16. The van der Waals surface area contributed by atoms with Crippen molar-refractivity contribution >= 4 is 76.6 Å². The van der Waals surface area contributed by atoms with E-state index in [1.165, 1.54) is 32.3 Å². The zero-order chi connectivity index (χ0) is 28.9. The molecular formula is C39H28O4. The molecule has 0 saturated heterocycles. The summed E-state index contributed by atoms with van der Waals surface area (Å²) < 4.78 is 11.7. The minimum absolute atomic E-state index is 0.258. The lowest BCUT2D eigenvalue weighted by atomic mass is 9.94. The smallest absolute Gasteiger partial charge is 0.311 e. The molecule has 0 heterocycles. The molecule has 0 aliphatic rings. The summed E-state index contributed by atoms with van der Waals surface area (Å²) in [6.07, 6.45) is 2.63. The average molecular weight is 561 g/mol. The van der Waals surface area contributed by atoms with Crippen LogP contribution in [0.25, 0.3) is 64.6 Å². The monoisotopic (exact) mass is 560 g/mol. The molecule has 0 aliphatic heterocycles. The minimum Gasteiger partial charge on any atom is -0.426 e. The summed E-state index contributed by atoms with van der Waals surface area (Å²) in [5, 5.41) is 13.5. The van der Waals surface area contributed by atoms with Crippen molar-refractivity contribution < 1.29 is 19.1 Å². The number of carbonyl (C=O) groups excluding carboxylic acids is 2. The molecular weight excluding hydrogens is 532 g/mol. The highest BCUT2D eigenvalue weighted by atomic mass is 16.5. The van der Waals surface area contributed by atoms with Crippen LogP contribution >= 0.6 is 0 Å². The number of benzene rings is 8.